The zero-order chi connectivity index (χ0) is 24.4. The average molecular weight is 473 g/mol. The van der Waals surface area contributed by atoms with Crippen molar-refractivity contribution in [1.82, 2.24) is 20.5 Å². The second-order valence-corrected chi connectivity index (χ2v) is 7.73. The predicted octanol–water partition coefficient (Wildman–Crippen LogP) is 3.39. The number of hydrogen-bond acceptors (Lipinski definition) is 7. The summed E-state index contributed by atoms with van der Waals surface area (Å²) in [6.07, 6.45) is 0.274. The van der Waals surface area contributed by atoms with Gasteiger partial charge in [0.1, 0.15) is 12.3 Å². The Morgan fingerprint density at radius 3 is 2.43 bits per heavy atom. The Labute approximate surface area is 198 Å². The number of carbonyl (C=O) groups is 3. The number of benzene rings is 2. The Bertz CT molecular complexity index is 1380. The number of fused-ring (bicyclic) bond motifs is 3. The molecule has 0 fully saturated rings. The molecule has 0 aliphatic heterocycles. The van der Waals surface area contributed by atoms with Gasteiger partial charge in [-0.05, 0) is 22.3 Å². The maximum absolute atomic E-state index is 12.4. The highest BCUT2D eigenvalue weighted by Crippen LogP contribution is 2.44. The van der Waals surface area contributed by atoms with E-state index in [1.165, 1.54) is 6.07 Å². The average Bonchev–Trinajstić information content (AvgIpc) is 3.59. The molecule has 4 N–H and O–H groups in total. The van der Waals surface area contributed by atoms with Crippen molar-refractivity contribution in [3.8, 4) is 11.1 Å². The van der Waals surface area contributed by atoms with Crippen molar-refractivity contribution in [2.24, 2.45) is 0 Å². The number of nitrogens with one attached hydrogen (secondary N) is 3. The van der Waals surface area contributed by atoms with E-state index in [-0.39, 0.29) is 42.0 Å². The molecule has 2 aromatic carbocycles. The van der Waals surface area contributed by atoms with Crippen LogP contribution in [0.3, 0.4) is 0 Å². The van der Waals surface area contributed by atoms with E-state index in [2.05, 4.69) is 37.9 Å². The first kappa shape index (κ1) is 21.9. The van der Waals surface area contributed by atoms with Gasteiger partial charge < -0.3 is 19.6 Å². The molecule has 11 nitrogen and oxygen atoms in total. The van der Waals surface area contributed by atoms with Crippen molar-refractivity contribution in [2.75, 3.05) is 11.9 Å². The van der Waals surface area contributed by atoms with Crippen LogP contribution in [0.2, 0.25) is 0 Å². The van der Waals surface area contributed by atoms with Crippen LogP contribution in [0.4, 0.5) is 10.6 Å². The molecule has 35 heavy (non-hydrogen) atoms. The second-order valence-electron chi connectivity index (χ2n) is 7.73. The molecule has 1 aliphatic carbocycles. The van der Waals surface area contributed by atoms with Crippen LogP contribution >= 0.6 is 0 Å². The SMILES string of the molecule is O=C(Nc1cc(C(=O)NCc2ocnc2C(=O)O)[nH]n1)OCC1c2ccccc2-c2ccccc21. The van der Waals surface area contributed by atoms with E-state index in [0.29, 0.717) is 0 Å². The minimum absolute atomic E-state index is 0.00218. The quantitative estimate of drug-likeness (QED) is 0.318. The van der Waals surface area contributed by atoms with Crippen LogP contribution in [0.25, 0.3) is 11.1 Å². The molecule has 0 saturated heterocycles. The number of carbonyl (C=O) groups excluding carboxylic acids is 2. The first-order valence-electron chi connectivity index (χ1n) is 10.6. The van der Waals surface area contributed by atoms with Crippen molar-refractivity contribution >= 4 is 23.8 Å². The van der Waals surface area contributed by atoms with Crippen LogP contribution in [0.5, 0.6) is 0 Å². The topological polar surface area (TPSA) is 159 Å². The summed E-state index contributed by atoms with van der Waals surface area (Å²) in [6.45, 7) is -0.0463. The van der Waals surface area contributed by atoms with Gasteiger partial charge in [-0.25, -0.2) is 14.6 Å². The maximum Gasteiger partial charge on any atom is 0.412 e. The van der Waals surface area contributed by atoms with E-state index < -0.39 is 18.0 Å². The fourth-order valence-corrected chi connectivity index (χ4v) is 4.07. The Morgan fingerprint density at radius 1 is 1.06 bits per heavy atom. The number of oxazole rings is 1. The summed E-state index contributed by atoms with van der Waals surface area (Å²) in [7, 11) is 0. The summed E-state index contributed by atoms with van der Waals surface area (Å²) in [4.78, 5) is 39.3. The lowest BCUT2D eigenvalue weighted by Crippen LogP contribution is -2.24. The van der Waals surface area contributed by atoms with Crippen molar-refractivity contribution in [3.05, 3.63) is 89.3 Å². The molecule has 0 bridgehead atoms. The van der Waals surface area contributed by atoms with Crippen molar-refractivity contribution in [1.29, 1.82) is 0 Å². The molecule has 2 amide bonds. The van der Waals surface area contributed by atoms with Crippen LogP contribution in [0, 0.1) is 0 Å². The van der Waals surface area contributed by atoms with Gasteiger partial charge in [-0.15, -0.1) is 0 Å². The minimum atomic E-state index is -1.26. The molecule has 4 aromatic rings. The molecule has 0 atom stereocenters. The van der Waals surface area contributed by atoms with Crippen LogP contribution < -0.4 is 10.6 Å². The van der Waals surface area contributed by atoms with Gasteiger partial charge in [0.25, 0.3) is 5.91 Å². The lowest BCUT2D eigenvalue weighted by Gasteiger charge is -2.14. The first-order valence-corrected chi connectivity index (χ1v) is 10.6. The number of aromatic carboxylic acids is 1. The number of rotatable bonds is 7. The number of aromatic nitrogens is 3. The first-order chi connectivity index (χ1) is 17.0. The molecule has 11 heteroatoms. The zero-order valence-electron chi connectivity index (χ0n) is 18.1. The molecule has 2 heterocycles. The second kappa shape index (κ2) is 9.14. The summed E-state index contributed by atoms with van der Waals surface area (Å²) >= 11 is 0. The maximum atomic E-state index is 12.4. The van der Waals surface area contributed by atoms with E-state index in [1.807, 2.05) is 36.4 Å². The van der Waals surface area contributed by atoms with Gasteiger partial charge in [-0.1, -0.05) is 48.5 Å². The molecule has 0 saturated carbocycles. The van der Waals surface area contributed by atoms with Crippen molar-refractivity contribution in [2.45, 2.75) is 12.5 Å². The number of carboxylic acid groups (broad SMARTS) is 1. The van der Waals surface area contributed by atoms with Crippen molar-refractivity contribution in [3.63, 3.8) is 0 Å². The number of carboxylic acids is 1. The fraction of sp³-hybridized carbons (Fsp3) is 0.125. The van der Waals surface area contributed by atoms with E-state index >= 15 is 0 Å². The third-order valence-corrected chi connectivity index (χ3v) is 5.65. The summed E-state index contributed by atoms with van der Waals surface area (Å²) in [6, 6.07) is 17.4. The summed E-state index contributed by atoms with van der Waals surface area (Å²) in [5.74, 6) is -1.83. The Morgan fingerprint density at radius 2 is 1.74 bits per heavy atom. The number of hydrogen-bond donors (Lipinski definition) is 4. The number of H-pyrrole nitrogens is 1. The van der Waals surface area contributed by atoms with Gasteiger partial charge in [-0.2, -0.15) is 5.10 Å². The highest BCUT2D eigenvalue weighted by molar-refractivity contribution is 5.94. The Kier molecular flexibility index (Phi) is 5.71. The van der Waals surface area contributed by atoms with Gasteiger partial charge >= 0.3 is 12.1 Å². The van der Waals surface area contributed by atoms with Gasteiger partial charge in [0.05, 0.1) is 6.54 Å². The van der Waals surface area contributed by atoms with E-state index in [0.717, 1.165) is 28.6 Å². The lowest BCUT2D eigenvalue weighted by atomic mass is 9.98. The highest BCUT2D eigenvalue weighted by Gasteiger charge is 2.29. The summed E-state index contributed by atoms with van der Waals surface area (Å²) < 4.78 is 10.4. The summed E-state index contributed by atoms with van der Waals surface area (Å²) in [5.41, 5.74) is 4.21. The standard InChI is InChI=1S/C24H19N5O6/c30-22(25-10-19-21(23(31)32)26-12-35-19)18-9-20(29-28-18)27-24(33)34-11-17-15-7-3-1-5-13(15)14-6-2-4-8-16(14)17/h1-9,12,17H,10-11H2,(H,25,30)(H,31,32)(H2,27,28,29,33). The molecular formula is C24H19N5O6. The number of aromatic amines is 1. The number of ether oxygens (including phenoxy) is 1. The largest absolute Gasteiger partial charge is 0.476 e. The summed E-state index contributed by atoms with van der Waals surface area (Å²) in [5, 5.41) is 20.4. The smallest absolute Gasteiger partial charge is 0.412 e. The van der Waals surface area contributed by atoms with Crippen LogP contribution in [-0.2, 0) is 11.3 Å². The molecule has 176 valence electrons. The third kappa shape index (κ3) is 4.34. The van der Waals surface area contributed by atoms with Crippen LogP contribution in [0.1, 0.15) is 43.8 Å². The zero-order valence-corrected chi connectivity index (χ0v) is 18.1. The third-order valence-electron chi connectivity index (χ3n) is 5.65. The molecule has 0 spiro atoms. The van der Waals surface area contributed by atoms with Crippen molar-refractivity contribution < 1.29 is 28.6 Å². The fourth-order valence-electron chi connectivity index (χ4n) is 4.07. The molecular weight excluding hydrogens is 454 g/mol. The van der Waals surface area contributed by atoms with E-state index in [9.17, 15) is 14.4 Å². The number of nitrogens with zero attached hydrogens (tertiary/aromatic N) is 2. The molecule has 0 radical (unpaired) electrons. The molecule has 5 rings (SSSR count). The van der Waals surface area contributed by atoms with Crippen LogP contribution in [-0.4, -0.2) is 44.9 Å². The van der Waals surface area contributed by atoms with E-state index in [1.54, 1.807) is 0 Å². The van der Waals surface area contributed by atoms with E-state index in [4.69, 9.17) is 14.3 Å². The Balaban J connectivity index is 1.17. The monoisotopic (exact) mass is 473 g/mol. The minimum Gasteiger partial charge on any atom is -0.476 e. The van der Waals surface area contributed by atoms with Crippen LogP contribution in [0.15, 0.2) is 65.4 Å². The van der Waals surface area contributed by atoms with Gasteiger partial charge in [0.2, 0.25) is 0 Å². The molecule has 0 unspecified atom stereocenters. The van der Waals surface area contributed by atoms with Gasteiger partial charge in [-0.3, -0.25) is 15.2 Å². The molecule has 1 aliphatic rings. The predicted molar refractivity (Wildman–Crippen MR) is 122 cm³/mol. The number of anilines is 1. The Hall–Kier alpha value is -4.93. The van der Waals surface area contributed by atoms with Gasteiger partial charge in [0, 0.05) is 12.0 Å². The normalized spacial score (nSPS) is 12.0. The van der Waals surface area contributed by atoms with Gasteiger partial charge in [0.15, 0.2) is 23.7 Å². The number of amides is 2. The highest BCUT2D eigenvalue weighted by atomic mass is 16.5. The lowest BCUT2D eigenvalue weighted by molar-refractivity contribution is 0.0687. The molecule has 2 aromatic heterocycles.